The molecule has 0 radical (unpaired) electrons. The van der Waals surface area contributed by atoms with Crippen LogP contribution in [0.25, 0.3) is 0 Å². The van der Waals surface area contributed by atoms with E-state index in [1.165, 1.54) is 23.9 Å². The molecule has 0 heterocycles. The lowest BCUT2D eigenvalue weighted by Crippen LogP contribution is -1.97. The highest BCUT2D eigenvalue weighted by molar-refractivity contribution is 5.87. The Balaban J connectivity index is 1.82. The van der Waals surface area contributed by atoms with Gasteiger partial charge in [-0.25, -0.2) is 4.39 Å². The summed E-state index contributed by atoms with van der Waals surface area (Å²) in [7, 11) is 0. The topological polar surface area (TPSA) is 35.9 Å². The Morgan fingerprint density at radius 2 is 1.61 bits per heavy atom. The first-order chi connectivity index (χ1) is 11.2. The molecule has 0 amide bonds. The van der Waals surface area contributed by atoms with E-state index in [1.54, 1.807) is 12.1 Å². The predicted octanol–water partition coefficient (Wildman–Crippen LogP) is 5.16. The van der Waals surface area contributed by atoms with Crippen LogP contribution < -0.4 is 5.32 Å². The fourth-order valence-electron chi connectivity index (χ4n) is 2.48. The molecule has 0 bridgehead atoms. The van der Waals surface area contributed by atoms with Crippen LogP contribution in [0.5, 0.6) is 0 Å². The lowest BCUT2D eigenvalue weighted by molar-refractivity contribution is 0.628. The summed E-state index contributed by atoms with van der Waals surface area (Å²) in [6.45, 7) is 0. The van der Waals surface area contributed by atoms with E-state index in [1.807, 2.05) is 36.4 Å². The second-order valence-corrected chi connectivity index (χ2v) is 5.36. The molecular formula is C20H17FN2. The molecule has 23 heavy (non-hydrogen) atoms. The van der Waals surface area contributed by atoms with Crippen LogP contribution in [0, 0.1) is 11.2 Å². The number of rotatable bonds is 5. The van der Waals surface area contributed by atoms with Gasteiger partial charge in [-0.05, 0) is 53.9 Å². The van der Waals surface area contributed by atoms with Crippen molar-refractivity contribution in [3.05, 3.63) is 95.3 Å². The molecule has 0 saturated carbocycles. The maximum atomic E-state index is 13.0. The molecule has 3 heteroatoms. The Labute approximate surface area is 135 Å². The second kappa shape index (κ2) is 6.88. The van der Waals surface area contributed by atoms with Crippen LogP contribution in [0.4, 0.5) is 15.8 Å². The Morgan fingerprint density at radius 3 is 2.30 bits per heavy atom. The average molecular weight is 304 g/mol. The van der Waals surface area contributed by atoms with Crippen molar-refractivity contribution in [3.8, 4) is 0 Å². The Morgan fingerprint density at radius 1 is 0.870 bits per heavy atom. The smallest absolute Gasteiger partial charge is 0.123 e. The van der Waals surface area contributed by atoms with Gasteiger partial charge >= 0.3 is 0 Å². The van der Waals surface area contributed by atoms with Crippen molar-refractivity contribution in [3.63, 3.8) is 0 Å². The quantitative estimate of drug-likeness (QED) is 0.628. The Kier molecular flexibility index (Phi) is 4.48. The predicted molar refractivity (Wildman–Crippen MR) is 93.3 cm³/mol. The third kappa shape index (κ3) is 3.83. The van der Waals surface area contributed by atoms with Gasteiger partial charge in [0.25, 0.3) is 0 Å². The second-order valence-electron chi connectivity index (χ2n) is 5.36. The number of anilines is 2. The number of benzene rings is 3. The number of nitrogens with one attached hydrogen (secondary N) is 2. The molecule has 0 unspecified atom stereocenters. The molecule has 3 aromatic rings. The molecule has 0 saturated heterocycles. The lowest BCUT2D eigenvalue weighted by atomic mass is 10.0. The Bertz CT molecular complexity index is 796. The third-order valence-electron chi connectivity index (χ3n) is 3.65. The fraction of sp³-hybridized carbons (Fsp3) is 0.0500. The van der Waals surface area contributed by atoms with E-state index < -0.39 is 0 Å². The highest BCUT2D eigenvalue weighted by Gasteiger charge is 2.04. The zero-order valence-corrected chi connectivity index (χ0v) is 12.6. The Hall–Kier alpha value is -2.94. The van der Waals surface area contributed by atoms with Crippen molar-refractivity contribution < 1.29 is 4.39 Å². The highest BCUT2D eigenvalue weighted by Crippen LogP contribution is 2.22. The minimum absolute atomic E-state index is 0.263. The van der Waals surface area contributed by atoms with Gasteiger partial charge in [0.1, 0.15) is 5.82 Å². The molecule has 3 rings (SSSR count). The molecule has 0 fully saturated rings. The van der Waals surface area contributed by atoms with Crippen LogP contribution in [0.2, 0.25) is 0 Å². The first-order valence-corrected chi connectivity index (χ1v) is 7.44. The first kappa shape index (κ1) is 15.0. The SMILES string of the molecule is N=Cc1cc(Cc2ccccc2)ccc1Nc1ccc(F)cc1. The molecular weight excluding hydrogens is 287 g/mol. The van der Waals surface area contributed by atoms with Crippen LogP contribution >= 0.6 is 0 Å². The van der Waals surface area contributed by atoms with Gasteiger partial charge in [0.05, 0.1) is 0 Å². The summed E-state index contributed by atoms with van der Waals surface area (Å²) in [5.74, 6) is -0.263. The molecule has 0 spiro atoms. The summed E-state index contributed by atoms with van der Waals surface area (Å²) < 4.78 is 13.0. The molecule has 3 aromatic carbocycles. The van der Waals surface area contributed by atoms with E-state index in [-0.39, 0.29) is 5.82 Å². The van der Waals surface area contributed by atoms with Gasteiger partial charge in [0.15, 0.2) is 0 Å². The number of hydrogen-bond donors (Lipinski definition) is 2. The van der Waals surface area contributed by atoms with Crippen molar-refractivity contribution in [2.45, 2.75) is 6.42 Å². The van der Waals surface area contributed by atoms with E-state index in [2.05, 4.69) is 17.4 Å². The van der Waals surface area contributed by atoms with Crippen molar-refractivity contribution in [2.75, 3.05) is 5.32 Å². The first-order valence-electron chi connectivity index (χ1n) is 7.44. The molecule has 2 N–H and O–H groups in total. The van der Waals surface area contributed by atoms with E-state index in [0.29, 0.717) is 0 Å². The standard InChI is InChI=1S/C20H17FN2/c21-18-7-9-19(10-8-18)23-20-11-6-16(13-17(20)14-22)12-15-4-2-1-3-5-15/h1-11,13-14,22-23H,12H2. The van der Waals surface area contributed by atoms with Gasteiger partial charge in [0.2, 0.25) is 0 Å². The van der Waals surface area contributed by atoms with Crippen LogP contribution in [-0.4, -0.2) is 6.21 Å². The van der Waals surface area contributed by atoms with E-state index in [4.69, 9.17) is 5.41 Å². The van der Waals surface area contributed by atoms with Gasteiger partial charge in [-0.1, -0.05) is 36.4 Å². The van der Waals surface area contributed by atoms with E-state index >= 15 is 0 Å². The maximum absolute atomic E-state index is 13.0. The van der Waals surface area contributed by atoms with E-state index in [0.717, 1.165) is 28.9 Å². The molecule has 2 nitrogen and oxygen atoms in total. The van der Waals surface area contributed by atoms with Gasteiger partial charge in [-0.3, -0.25) is 0 Å². The van der Waals surface area contributed by atoms with Gasteiger partial charge in [0, 0.05) is 23.2 Å². The molecule has 114 valence electrons. The lowest BCUT2D eigenvalue weighted by Gasteiger charge is -2.11. The van der Waals surface area contributed by atoms with Crippen LogP contribution in [0.1, 0.15) is 16.7 Å². The minimum Gasteiger partial charge on any atom is -0.355 e. The summed E-state index contributed by atoms with van der Waals surface area (Å²) in [6, 6.07) is 22.4. The minimum atomic E-state index is -0.263. The van der Waals surface area contributed by atoms with Crippen molar-refractivity contribution >= 4 is 17.6 Å². The zero-order chi connectivity index (χ0) is 16.1. The summed E-state index contributed by atoms with van der Waals surface area (Å²) in [5, 5.41) is 10.9. The van der Waals surface area contributed by atoms with Crippen molar-refractivity contribution in [2.24, 2.45) is 0 Å². The van der Waals surface area contributed by atoms with Crippen LogP contribution in [0.3, 0.4) is 0 Å². The van der Waals surface area contributed by atoms with Crippen molar-refractivity contribution in [1.29, 1.82) is 5.41 Å². The molecule has 0 aliphatic carbocycles. The van der Waals surface area contributed by atoms with Gasteiger partial charge in [-0.2, -0.15) is 0 Å². The van der Waals surface area contributed by atoms with Crippen LogP contribution in [0.15, 0.2) is 72.8 Å². The normalized spacial score (nSPS) is 10.3. The zero-order valence-electron chi connectivity index (χ0n) is 12.6. The number of halogens is 1. The summed E-state index contributed by atoms with van der Waals surface area (Å²) in [6.07, 6.45) is 2.17. The largest absolute Gasteiger partial charge is 0.355 e. The molecule has 0 aliphatic rings. The summed E-state index contributed by atoms with van der Waals surface area (Å²) in [5.41, 5.74) is 4.83. The maximum Gasteiger partial charge on any atom is 0.123 e. The summed E-state index contributed by atoms with van der Waals surface area (Å²) >= 11 is 0. The number of hydrogen-bond acceptors (Lipinski definition) is 2. The third-order valence-corrected chi connectivity index (χ3v) is 3.65. The molecule has 0 aromatic heterocycles. The molecule has 0 aliphatic heterocycles. The van der Waals surface area contributed by atoms with Crippen LogP contribution in [-0.2, 0) is 6.42 Å². The van der Waals surface area contributed by atoms with Gasteiger partial charge < -0.3 is 10.7 Å². The molecule has 0 atom stereocenters. The fourth-order valence-corrected chi connectivity index (χ4v) is 2.48. The van der Waals surface area contributed by atoms with Crippen molar-refractivity contribution in [1.82, 2.24) is 0 Å². The summed E-state index contributed by atoms with van der Waals surface area (Å²) in [4.78, 5) is 0. The highest BCUT2D eigenvalue weighted by atomic mass is 19.1. The average Bonchev–Trinajstić information content (AvgIpc) is 2.59. The monoisotopic (exact) mass is 304 g/mol. The van der Waals surface area contributed by atoms with E-state index in [9.17, 15) is 4.39 Å². The van der Waals surface area contributed by atoms with Gasteiger partial charge in [-0.15, -0.1) is 0 Å².